The fourth-order valence-corrected chi connectivity index (χ4v) is 1.44. The Kier molecular flexibility index (Phi) is 1.36. The van der Waals surface area contributed by atoms with Crippen LogP contribution in [0.5, 0.6) is 0 Å². The van der Waals surface area contributed by atoms with Crippen LogP contribution in [0.25, 0.3) is 13.2 Å². The third kappa shape index (κ3) is 0.902. The van der Waals surface area contributed by atoms with Gasteiger partial charge in [0, 0.05) is 0 Å². The lowest BCUT2D eigenvalue weighted by atomic mass is 10.1. The van der Waals surface area contributed by atoms with E-state index in [-0.39, 0.29) is 11.8 Å². The first kappa shape index (κ1) is 7.73. The topological polar surface area (TPSA) is 46.2 Å². The van der Waals surface area contributed by atoms with Gasteiger partial charge in [-0.3, -0.25) is 14.9 Å². The van der Waals surface area contributed by atoms with Gasteiger partial charge in [-0.25, -0.2) is 0 Å². The Balaban J connectivity index is 2.98. The molecule has 1 aliphatic rings. The molecule has 2 amide bonds. The van der Waals surface area contributed by atoms with Crippen LogP contribution in [0.15, 0.2) is 12.1 Å². The summed E-state index contributed by atoms with van der Waals surface area (Å²) in [7, 11) is 0. The molecule has 1 aliphatic heterocycles. The highest BCUT2D eigenvalue weighted by Gasteiger charge is 2.27. The Morgan fingerprint density at radius 1 is 0.923 bits per heavy atom. The quantitative estimate of drug-likeness (QED) is 0.532. The summed E-state index contributed by atoms with van der Waals surface area (Å²) in [6, 6.07) is 3.36. The fraction of sp³-hybridized carbons (Fsp3) is 0. The van der Waals surface area contributed by atoms with Gasteiger partial charge >= 0.3 is 0 Å². The SMILES string of the molecule is C=c1ccc(=C)c2c1C(=O)NC2=O. The molecule has 64 valence electrons. The van der Waals surface area contributed by atoms with Crippen molar-refractivity contribution in [1.29, 1.82) is 0 Å². The van der Waals surface area contributed by atoms with E-state index >= 15 is 0 Å². The van der Waals surface area contributed by atoms with Gasteiger partial charge < -0.3 is 0 Å². The van der Waals surface area contributed by atoms with Crippen LogP contribution in [0.4, 0.5) is 0 Å². The van der Waals surface area contributed by atoms with Gasteiger partial charge in [-0.1, -0.05) is 25.3 Å². The molecule has 1 N–H and O–H groups in total. The zero-order chi connectivity index (χ0) is 9.59. The van der Waals surface area contributed by atoms with Gasteiger partial charge in [0.25, 0.3) is 11.8 Å². The molecule has 0 bridgehead atoms. The summed E-state index contributed by atoms with van der Waals surface area (Å²) in [6.07, 6.45) is 0. The van der Waals surface area contributed by atoms with Gasteiger partial charge in [-0.15, -0.1) is 0 Å². The van der Waals surface area contributed by atoms with E-state index in [2.05, 4.69) is 18.5 Å². The molecule has 13 heavy (non-hydrogen) atoms. The molecule has 0 atom stereocenters. The van der Waals surface area contributed by atoms with E-state index in [0.717, 1.165) is 0 Å². The highest BCUT2D eigenvalue weighted by Crippen LogP contribution is 2.05. The summed E-state index contributed by atoms with van der Waals surface area (Å²) in [5.41, 5.74) is 0.718. The summed E-state index contributed by atoms with van der Waals surface area (Å²) in [5.74, 6) is -0.758. The van der Waals surface area contributed by atoms with Crippen LogP contribution in [-0.4, -0.2) is 11.8 Å². The normalized spacial score (nSPS) is 14.2. The first-order valence-corrected chi connectivity index (χ1v) is 3.78. The van der Waals surface area contributed by atoms with Crippen molar-refractivity contribution in [2.24, 2.45) is 0 Å². The minimum atomic E-state index is -0.379. The number of nitrogens with one attached hydrogen (secondary N) is 1. The average molecular weight is 173 g/mol. The van der Waals surface area contributed by atoms with Crippen molar-refractivity contribution in [1.82, 2.24) is 5.32 Å². The zero-order valence-corrected chi connectivity index (χ0v) is 6.89. The highest BCUT2D eigenvalue weighted by atomic mass is 16.2. The maximum Gasteiger partial charge on any atom is 0.259 e. The van der Waals surface area contributed by atoms with Crippen molar-refractivity contribution in [2.75, 3.05) is 0 Å². The van der Waals surface area contributed by atoms with Gasteiger partial charge in [0.2, 0.25) is 0 Å². The molecule has 0 radical (unpaired) electrons. The number of rotatable bonds is 0. The summed E-state index contributed by atoms with van der Waals surface area (Å²) >= 11 is 0. The van der Waals surface area contributed by atoms with Crippen molar-refractivity contribution < 1.29 is 9.59 Å². The third-order valence-electron chi connectivity index (χ3n) is 2.06. The van der Waals surface area contributed by atoms with Gasteiger partial charge in [0.1, 0.15) is 0 Å². The average Bonchev–Trinajstić information content (AvgIpc) is 2.36. The second-order valence-corrected chi connectivity index (χ2v) is 2.92. The van der Waals surface area contributed by atoms with Crippen molar-refractivity contribution >= 4 is 25.0 Å². The van der Waals surface area contributed by atoms with Crippen molar-refractivity contribution in [3.8, 4) is 0 Å². The van der Waals surface area contributed by atoms with E-state index in [1.165, 1.54) is 0 Å². The van der Waals surface area contributed by atoms with Crippen LogP contribution in [-0.2, 0) is 0 Å². The van der Waals surface area contributed by atoms with Crippen molar-refractivity contribution in [3.05, 3.63) is 33.7 Å². The third-order valence-corrected chi connectivity index (χ3v) is 2.06. The molecule has 0 aromatic heterocycles. The lowest BCUT2D eigenvalue weighted by molar-refractivity contribution is 0.0879. The van der Waals surface area contributed by atoms with Crippen molar-refractivity contribution in [2.45, 2.75) is 0 Å². The Morgan fingerprint density at radius 3 is 1.69 bits per heavy atom. The Hall–Kier alpha value is -1.90. The Morgan fingerprint density at radius 2 is 1.31 bits per heavy atom. The largest absolute Gasteiger partial charge is 0.288 e. The molecule has 3 heteroatoms. The molecule has 2 rings (SSSR count). The van der Waals surface area contributed by atoms with Crippen LogP contribution in [0.2, 0.25) is 0 Å². The zero-order valence-electron chi connectivity index (χ0n) is 6.89. The number of hydrogen-bond acceptors (Lipinski definition) is 2. The summed E-state index contributed by atoms with van der Waals surface area (Å²) in [5, 5.41) is 3.33. The van der Waals surface area contributed by atoms with E-state index in [0.29, 0.717) is 21.6 Å². The van der Waals surface area contributed by atoms with Crippen LogP contribution >= 0.6 is 0 Å². The maximum atomic E-state index is 11.2. The molecule has 0 saturated carbocycles. The number of carbonyl (C=O) groups excluding carboxylic acids is 2. The van der Waals surface area contributed by atoms with E-state index in [1.807, 2.05) is 0 Å². The highest BCUT2D eigenvalue weighted by molar-refractivity contribution is 6.21. The number of amides is 2. The molecular weight excluding hydrogens is 166 g/mol. The number of fused-ring (bicyclic) bond motifs is 1. The smallest absolute Gasteiger partial charge is 0.259 e. The second kappa shape index (κ2) is 2.29. The summed E-state index contributed by atoms with van der Waals surface area (Å²) < 4.78 is 0. The molecule has 0 saturated heterocycles. The molecule has 3 nitrogen and oxygen atoms in total. The Labute approximate surface area is 74.4 Å². The van der Waals surface area contributed by atoms with Crippen molar-refractivity contribution in [3.63, 3.8) is 0 Å². The number of imide groups is 1. The molecule has 1 heterocycles. The minimum Gasteiger partial charge on any atom is -0.288 e. The lowest BCUT2D eigenvalue weighted by Gasteiger charge is -1.94. The number of benzene rings is 1. The molecule has 1 aromatic rings. The molecule has 1 aromatic carbocycles. The maximum absolute atomic E-state index is 11.2. The van der Waals surface area contributed by atoms with Crippen LogP contribution in [0, 0.1) is 0 Å². The Bertz CT molecular complexity index is 469. The van der Waals surface area contributed by atoms with Gasteiger partial charge in [-0.05, 0) is 10.4 Å². The summed E-state index contributed by atoms with van der Waals surface area (Å²) in [6.45, 7) is 7.35. The van der Waals surface area contributed by atoms with E-state index < -0.39 is 0 Å². The first-order valence-electron chi connectivity index (χ1n) is 3.78. The van der Waals surface area contributed by atoms with Crippen LogP contribution in [0.1, 0.15) is 20.7 Å². The van der Waals surface area contributed by atoms with Gasteiger partial charge in [-0.2, -0.15) is 0 Å². The number of carbonyl (C=O) groups is 2. The molecule has 0 aliphatic carbocycles. The molecular formula is C10H7NO2. The minimum absolute atomic E-state index is 0.359. The standard InChI is InChI=1S/C10H7NO2/c1-5-3-4-6(2)8-7(5)9(12)11-10(8)13/h3-4H,1-2H2,(H,11,12,13). The number of hydrogen-bond donors (Lipinski definition) is 1. The van der Waals surface area contributed by atoms with E-state index in [9.17, 15) is 9.59 Å². The monoisotopic (exact) mass is 173 g/mol. The molecule has 0 unspecified atom stereocenters. The molecule has 0 spiro atoms. The first-order chi connectivity index (χ1) is 6.11. The summed E-state index contributed by atoms with van der Waals surface area (Å²) in [4.78, 5) is 22.5. The predicted molar refractivity (Wildman–Crippen MR) is 48.5 cm³/mol. The van der Waals surface area contributed by atoms with E-state index in [4.69, 9.17) is 0 Å². The van der Waals surface area contributed by atoms with Crippen LogP contribution in [0.3, 0.4) is 0 Å². The van der Waals surface area contributed by atoms with E-state index in [1.54, 1.807) is 12.1 Å². The van der Waals surface area contributed by atoms with Crippen LogP contribution < -0.4 is 15.8 Å². The fourth-order valence-electron chi connectivity index (χ4n) is 1.44. The van der Waals surface area contributed by atoms with Gasteiger partial charge in [0.05, 0.1) is 11.1 Å². The molecule has 0 fully saturated rings. The lowest BCUT2D eigenvalue weighted by Crippen LogP contribution is -2.22. The predicted octanol–water partition coefficient (Wildman–Crippen LogP) is -0.609. The second-order valence-electron chi connectivity index (χ2n) is 2.92. The van der Waals surface area contributed by atoms with Gasteiger partial charge in [0.15, 0.2) is 0 Å².